The summed E-state index contributed by atoms with van der Waals surface area (Å²) in [5, 5.41) is 19.9. The zero-order chi connectivity index (χ0) is 21.3. The van der Waals surface area contributed by atoms with Gasteiger partial charge in [0.05, 0.1) is 18.4 Å². The number of aromatic nitrogens is 2. The van der Waals surface area contributed by atoms with E-state index in [4.69, 9.17) is 10.5 Å². The number of rotatable bonds is 6. The molecule has 3 aromatic rings. The molecule has 7 heteroatoms. The van der Waals surface area contributed by atoms with Crippen molar-refractivity contribution in [2.45, 2.75) is 39.8 Å². The highest BCUT2D eigenvalue weighted by Gasteiger charge is 2.21. The van der Waals surface area contributed by atoms with Crippen LogP contribution in [0.2, 0.25) is 0 Å². The molecule has 0 atom stereocenters. The van der Waals surface area contributed by atoms with Crippen LogP contribution in [0.5, 0.6) is 5.75 Å². The van der Waals surface area contributed by atoms with Crippen LogP contribution >= 0.6 is 11.3 Å². The van der Waals surface area contributed by atoms with Crippen LogP contribution in [0.25, 0.3) is 21.1 Å². The van der Waals surface area contributed by atoms with Crippen molar-refractivity contribution in [1.82, 2.24) is 15.1 Å². The first-order chi connectivity index (χ1) is 14.5. The molecule has 0 saturated heterocycles. The number of benzene rings is 2. The average Bonchev–Trinajstić information content (AvgIpc) is 3.19. The third kappa shape index (κ3) is 4.19. The third-order valence-electron chi connectivity index (χ3n) is 5.46. The van der Waals surface area contributed by atoms with Crippen molar-refractivity contribution in [3.63, 3.8) is 0 Å². The zero-order valence-electron chi connectivity index (χ0n) is 17.7. The Morgan fingerprint density at radius 2 is 2.00 bits per heavy atom. The van der Waals surface area contributed by atoms with Crippen molar-refractivity contribution >= 4 is 17.0 Å². The molecule has 1 aliphatic rings. The maximum absolute atomic E-state index is 9.21. The van der Waals surface area contributed by atoms with Crippen LogP contribution in [-0.4, -0.2) is 46.0 Å². The lowest BCUT2D eigenvalue weighted by atomic mass is 9.92. The van der Waals surface area contributed by atoms with Gasteiger partial charge in [0.25, 0.3) is 0 Å². The summed E-state index contributed by atoms with van der Waals surface area (Å²) >= 11 is 1.58. The zero-order valence-corrected chi connectivity index (χ0v) is 18.5. The van der Waals surface area contributed by atoms with Gasteiger partial charge in [-0.2, -0.15) is 0 Å². The molecule has 158 valence electrons. The molecule has 6 nitrogen and oxygen atoms in total. The summed E-state index contributed by atoms with van der Waals surface area (Å²) in [7, 11) is 0. The second-order valence-corrected chi connectivity index (χ2v) is 8.93. The van der Waals surface area contributed by atoms with E-state index < -0.39 is 0 Å². The SMILES string of the molecule is Cc1c(-c2nnc(-c3ccc(OC(C)C)c(N)c3)s2)ccc2c1CCN(CCO)C2. The van der Waals surface area contributed by atoms with Crippen LogP contribution < -0.4 is 10.5 Å². The number of aliphatic hydroxyl groups excluding tert-OH is 1. The fraction of sp³-hybridized carbons (Fsp3) is 0.391. The summed E-state index contributed by atoms with van der Waals surface area (Å²) in [5.74, 6) is 0.694. The van der Waals surface area contributed by atoms with Crippen molar-refractivity contribution in [3.8, 4) is 26.9 Å². The van der Waals surface area contributed by atoms with E-state index in [0.29, 0.717) is 11.4 Å². The summed E-state index contributed by atoms with van der Waals surface area (Å²) < 4.78 is 5.73. The summed E-state index contributed by atoms with van der Waals surface area (Å²) in [5.41, 5.74) is 12.9. The van der Waals surface area contributed by atoms with Gasteiger partial charge in [0.15, 0.2) is 0 Å². The highest BCUT2D eigenvalue weighted by Crippen LogP contribution is 2.36. The number of nitrogens with zero attached hydrogens (tertiary/aromatic N) is 3. The Kier molecular flexibility index (Phi) is 6.04. The van der Waals surface area contributed by atoms with Gasteiger partial charge in [-0.25, -0.2) is 0 Å². The Morgan fingerprint density at radius 3 is 2.73 bits per heavy atom. The van der Waals surface area contributed by atoms with E-state index in [2.05, 4.69) is 34.2 Å². The smallest absolute Gasteiger partial charge is 0.148 e. The molecule has 0 saturated carbocycles. The highest BCUT2D eigenvalue weighted by atomic mass is 32.1. The Balaban J connectivity index is 1.60. The fourth-order valence-corrected chi connectivity index (χ4v) is 4.88. The van der Waals surface area contributed by atoms with Crippen molar-refractivity contribution in [2.75, 3.05) is 25.4 Å². The van der Waals surface area contributed by atoms with E-state index in [9.17, 15) is 5.11 Å². The number of aliphatic hydroxyl groups is 1. The number of nitrogens with two attached hydrogens (primary N) is 1. The van der Waals surface area contributed by atoms with Crippen molar-refractivity contribution in [3.05, 3.63) is 47.0 Å². The molecule has 0 unspecified atom stereocenters. The van der Waals surface area contributed by atoms with Crippen LogP contribution in [0, 0.1) is 6.92 Å². The lowest BCUT2D eigenvalue weighted by molar-refractivity contribution is 0.184. The van der Waals surface area contributed by atoms with Crippen LogP contribution in [0.15, 0.2) is 30.3 Å². The van der Waals surface area contributed by atoms with E-state index in [0.717, 1.165) is 47.2 Å². The number of fused-ring (bicyclic) bond motifs is 1. The molecule has 1 aliphatic heterocycles. The van der Waals surface area contributed by atoms with Crippen molar-refractivity contribution in [2.24, 2.45) is 0 Å². The summed E-state index contributed by atoms with van der Waals surface area (Å²) in [4.78, 5) is 2.29. The highest BCUT2D eigenvalue weighted by molar-refractivity contribution is 7.17. The van der Waals surface area contributed by atoms with Gasteiger partial charge in [-0.3, -0.25) is 4.90 Å². The molecular formula is C23H28N4O2S. The molecule has 0 amide bonds. The first-order valence-corrected chi connectivity index (χ1v) is 11.1. The van der Waals surface area contributed by atoms with Crippen LogP contribution in [-0.2, 0) is 13.0 Å². The lowest BCUT2D eigenvalue weighted by Gasteiger charge is -2.29. The van der Waals surface area contributed by atoms with Crippen LogP contribution in [0.1, 0.15) is 30.5 Å². The van der Waals surface area contributed by atoms with E-state index in [1.165, 1.54) is 16.7 Å². The second kappa shape index (κ2) is 8.71. The first-order valence-electron chi connectivity index (χ1n) is 10.3. The summed E-state index contributed by atoms with van der Waals surface area (Å²) in [6.45, 7) is 8.93. The van der Waals surface area contributed by atoms with Gasteiger partial charge in [-0.15, -0.1) is 10.2 Å². The van der Waals surface area contributed by atoms with Crippen LogP contribution in [0.3, 0.4) is 0 Å². The van der Waals surface area contributed by atoms with E-state index in [-0.39, 0.29) is 12.7 Å². The minimum absolute atomic E-state index is 0.0778. The van der Waals surface area contributed by atoms with Gasteiger partial charge in [-0.05, 0) is 62.1 Å². The molecule has 3 N–H and O–H groups in total. The molecule has 0 aliphatic carbocycles. The van der Waals surface area contributed by atoms with Gasteiger partial charge in [0, 0.05) is 30.8 Å². The monoisotopic (exact) mass is 424 g/mol. The van der Waals surface area contributed by atoms with Gasteiger partial charge < -0.3 is 15.6 Å². The standard InChI is InChI=1S/C23H28N4O2S/c1-14(2)29-21-7-5-16(12-20(21)24)22-25-26-23(30-22)19-6-4-17-13-27(10-11-28)9-8-18(17)15(19)3/h4-7,12,14,28H,8-11,13,24H2,1-3H3. The normalized spacial score (nSPS) is 14.2. The Morgan fingerprint density at radius 1 is 1.20 bits per heavy atom. The molecule has 0 radical (unpaired) electrons. The molecular weight excluding hydrogens is 396 g/mol. The Hall–Kier alpha value is -2.48. The maximum atomic E-state index is 9.21. The number of nitrogen functional groups attached to an aromatic ring is 1. The topological polar surface area (TPSA) is 84.5 Å². The molecule has 0 fully saturated rings. The van der Waals surface area contributed by atoms with Crippen LogP contribution in [0.4, 0.5) is 5.69 Å². The Labute approximate surface area is 181 Å². The van der Waals surface area contributed by atoms with Gasteiger partial charge in [-0.1, -0.05) is 23.5 Å². The lowest BCUT2D eigenvalue weighted by Crippen LogP contribution is -2.33. The molecule has 30 heavy (non-hydrogen) atoms. The molecule has 2 heterocycles. The van der Waals surface area contributed by atoms with Gasteiger partial charge >= 0.3 is 0 Å². The molecule has 0 spiro atoms. The Bertz CT molecular complexity index is 1050. The molecule has 2 aromatic carbocycles. The fourth-order valence-electron chi connectivity index (χ4n) is 3.95. The molecule has 1 aromatic heterocycles. The van der Waals surface area contributed by atoms with E-state index in [1.807, 2.05) is 32.0 Å². The average molecular weight is 425 g/mol. The molecule has 0 bridgehead atoms. The van der Waals surface area contributed by atoms with Gasteiger partial charge in [0.1, 0.15) is 15.8 Å². The quantitative estimate of drug-likeness (QED) is 0.584. The minimum atomic E-state index is 0.0778. The van der Waals surface area contributed by atoms with Crippen molar-refractivity contribution < 1.29 is 9.84 Å². The van der Waals surface area contributed by atoms with Gasteiger partial charge in [0.2, 0.25) is 0 Å². The predicted octanol–water partition coefficient (Wildman–Crippen LogP) is 3.90. The van der Waals surface area contributed by atoms with E-state index >= 15 is 0 Å². The number of anilines is 1. The number of hydrogen-bond acceptors (Lipinski definition) is 7. The van der Waals surface area contributed by atoms with Crippen molar-refractivity contribution in [1.29, 1.82) is 0 Å². The minimum Gasteiger partial charge on any atom is -0.489 e. The third-order valence-corrected chi connectivity index (χ3v) is 6.46. The predicted molar refractivity (Wildman–Crippen MR) is 122 cm³/mol. The number of hydrogen-bond donors (Lipinski definition) is 2. The maximum Gasteiger partial charge on any atom is 0.148 e. The largest absolute Gasteiger partial charge is 0.489 e. The second-order valence-electron chi connectivity index (χ2n) is 7.96. The molecule has 4 rings (SSSR count). The summed E-state index contributed by atoms with van der Waals surface area (Å²) in [6.07, 6.45) is 1.07. The van der Waals surface area contributed by atoms with E-state index in [1.54, 1.807) is 11.3 Å². The number of β-amino-alcohol motifs (C(OH)–C–C–N with tert-alkyl or cyclic N) is 1. The number of ether oxygens (including phenoxy) is 1. The first kappa shape index (κ1) is 20.8. The summed E-state index contributed by atoms with van der Waals surface area (Å²) in [6, 6.07) is 10.1.